The van der Waals surface area contributed by atoms with Crippen LogP contribution in [-0.2, 0) is 14.8 Å². The predicted molar refractivity (Wildman–Crippen MR) is 64.8 cm³/mol. The maximum atomic E-state index is 11.2. The molecule has 0 saturated carbocycles. The van der Waals surface area contributed by atoms with Crippen molar-refractivity contribution in [2.45, 2.75) is 0 Å². The van der Waals surface area contributed by atoms with Crippen LogP contribution in [0.15, 0.2) is 34.7 Å². The standard InChI is InChI=1S/C10H13N3O3S/c1-13(11-8-14)10(12-17(2,15)16)9-6-4-3-5-7-9/h3-8H,1-2H3,(H,11,14)/b12-10-. The predicted octanol–water partition coefficient (Wildman–Crippen LogP) is -0.0144. The van der Waals surface area contributed by atoms with Crippen molar-refractivity contribution in [2.24, 2.45) is 4.40 Å². The molecule has 0 fully saturated rings. The molecule has 0 heterocycles. The molecular weight excluding hydrogens is 242 g/mol. The Morgan fingerprint density at radius 3 is 2.41 bits per heavy atom. The van der Waals surface area contributed by atoms with E-state index >= 15 is 0 Å². The van der Waals surface area contributed by atoms with E-state index in [-0.39, 0.29) is 5.84 Å². The van der Waals surface area contributed by atoms with E-state index in [1.807, 2.05) is 0 Å². The number of sulfonamides is 1. The van der Waals surface area contributed by atoms with E-state index < -0.39 is 10.0 Å². The SMILES string of the molecule is CN(NC=O)/C(=N\S(C)(=O)=O)c1ccccc1. The minimum Gasteiger partial charge on any atom is -0.277 e. The van der Waals surface area contributed by atoms with Gasteiger partial charge in [0, 0.05) is 12.6 Å². The summed E-state index contributed by atoms with van der Waals surface area (Å²) in [6, 6.07) is 8.71. The first-order chi connectivity index (χ1) is 7.94. The highest BCUT2D eigenvalue weighted by atomic mass is 32.2. The normalized spacial score (nSPS) is 12.0. The second-order valence-corrected chi connectivity index (χ2v) is 4.97. The minimum atomic E-state index is -3.54. The molecule has 1 aromatic carbocycles. The summed E-state index contributed by atoms with van der Waals surface area (Å²) in [5.41, 5.74) is 2.92. The van der Waals surface area contributed by atoms with Crippen molar-refractivity contribution in [3.05, 3.63) is 35.9 Å². The van der Waals surface area contributed by atoms with Crippen LogP contribution < -0.4 is 5.43 Å². The Bertz CT molecular complexity index is 511. The van der Waals surface area contributed by atoms with Crippen LogP contribution in [0.5, 0.6) is 0 Å². The number of hydrazine groups is 1. The molecule has 0 atom stereocenters. The fourth-order valence-electron chi connectivity index (χ4n) is 1.19. The Labute approximate surface area is 100.0 Å². The molecular formula is C10H13N3O3S. The Morgan fingerprint density at radius 1 is 1.35 bits per heavy atom. The van der Waals surface area contributed by atoms with Crippen molar-refractivity contribution in [3.8, 4) is 0 Å². The molecule has 0 aliphatic carbocycles. The number of hydrogen-bond donors (Lipinski definition) is 1. The molecule has 1 amide bonds. The molecule has 0 bridgehead atoms. The lowest BCUT2D eigenvalue weighted by Crippen LogP contribution is -2.39. The van der Waals surface area contributed by atoms with E-state index in [0.717, 1.165) is 6.26 Å². The van der Waals surface area contributed by atoms with Crippen LogP contribution in [-0.4, -0.2) is 39.0 Å². The van der Waals surface area contributed by atoms with Crippen molar-refractivity contribution >= 4 is 22.3 Å². The van der Waals surface area contributed by atoms with Crippen molar-refractivity contribution in [1.82, 2.24) is 10.4 Å². The number of benzene rings is 1. The molecule has 17 heavy (non-hydrogen) atoms. The average molecular weight is 255 g/mol. The van der Waals surface area contributed by atoms with Crippen LogP contribution >= 0.6 is 0 Å². The van der Waals surface area contributed by atoms with Crippen LogP contribution in [0.25, 0.3) is 0 Å². The van der Waals surface area contributed by atoms with Crippen molar-refractivity contribution in [3.63, 3.8) is 0 Å². The molecule has 1 rings (SSSR count). The van der Waals surface area contributed by atoms with Crippen LogP contribution in [0.2, 0.25) is 0 Å². The maximum Gasteiger partial charge on any atom is 0.252 e. The maximum absolute atomic E-state index is 11.2. The van der Waals surface area contributed by atoms with Gasteiger partial charge in [-0.1, -0.05) is 30.3 Å². The lowest BCUT2D eigenvalue weighted by molar-refractivity contribution is -0.112. The molecule has 0 spiro atoms. The summed E-state index contributed by atoms with van der Waals surface area (Å²) in [7, 11) is -2.04. The lowest BCUT2D eigenvalue weighted by atomic mass is 10.2. The monoisotopic (exact) mass is 255 g/mol. The van der Waals surface area contributed by atoms with Gasteiger partial charge in [0.15, 0.2) is 5.84 Å². The Hall–Kier alpha value is -1.89. The van der Waals surface area contributed by atoms with Gasteiger partial charge in [0.1, 0.15) is 0 Å². The Morgan fingerprint density at radius 2 is 1.94 bits per heavy atom. The van der Waals surface area contributed by atoms with Crippen molar-refractivity contribution in [2.75, 3.05) is 13.3 Å². The fourth-order valence-corrected chi connectivity index (χ4v) is 1.73. The Balaban J connectivity index is 3.21. The Kier molecular flexibility index (Phi) is 4.22. The topological polar surface area (TPSA) is 78.8 Å². The first-order valence-corrected chi connectivity index (χ1v) is 6.58. The van der Waals surface area contributed by atoms with E-state index in [4.69, 9.17) is 0 Å². The zero-order chi connectivity index (χ0) is 12.9. The van der Waals surface area contributed by atoms with Gasteiger partial charge in [0.2, 0.25) is 6.41 Å². The van der Waals surface area contributed by atoms with Gasteiger partial charge in [0.05, 0.1) is 6.26 Å². The number of amides is 1. The highest BCUT2D eigenvalue weighted by molar-refractivity contribution is 7.89. The van der Waals surface area contributed by atoms with Gasteiger partial charge in [-0.15, -0.1) is 4.40 Å². The number of carbonyl (C=O) groups is 1. The summed E-state index contributed by atoms with van der Waals surface area (Å²) < 4.78 is 26.0. The molecule has 0 aromatic heterocycles. The molecule has 0 aliphatic rings. The number of rotatable bonds is 4. The third kappa shape index (κ3) is 4.23. The minimum absolute atomic E-state index is 0.153. The van der Waals surface area contributed by atoms with E-state index in [1.165, 1.54) is 12.1 Å². The molecule has 6 nitrogen and oxygen atoms in total. The second-order valence-electron chi connectivity index (χ2n) is 3.32. The molecule has 0 unspecified atom stereocenters. The summed E-state index contributed by atoms with van der Waals surface area (Å²) in [5, 5.41) is 1.24. The van der Waals surface area contributed by atoms with E-state index in [0.29, 0.717) is 12.0 Å². The van der Waals surface area contributed by atoms with Gasteiger partial charge in [-0.2, -0.15) is 0 Å². The van der Waals surface area contributed by atoms with Gasteiger partial charge in [-0.25, -0.2) is 8.42 Å². The van der Waals surface area contributed by atoms with Crippen LogP contribution in [0.4, 0.5) is 0 Å². The number of nitrogens with zero attached hydrogens (tertiary/aromatic N) is 2. The number of hydrogen-bond acceptors (Lipinski definition) is 3. The first kappa shape index (κ1) is 13.2. The summed E-state index contributed by atoms with van der Waals surface area (Å²) in [6.45, 7) is 0. The third-order valence-electron chi connectivity index (χ3n) is 1.85. The summed E-state index contributed by atoms with van der Waals surface area (Å²) in [6.07, 6.45) is 1.44. The summed E-state index contributed by atoms with van der Waals surface area (Å²) in [4.78, 5) is 10.4. The van der Waals surface area contributed by atoms with E-state index in [9.17, 15) is 13.2 Å². The van der Waals surface area contributed by atoms with Crippen LogP contribution in [0, 0.1) is 0 Å². The van der Waals surface area contributed by atoms with Crippen LogP contribution in [0.1, 0.15) is 5.56 Å². The van der Waals surface area contributed by atoms with Crippen LogP contribution in [0.3, 0.4) is 0 Å². The average Bonchev–Trinajstić information content (AvgIpc) is 2.26. The molecule has 1 N–H and O–H groups in total. The van der Waals surface area contributed by atoms with Gasteiger partial charge >= 0.3 is 0 Å². The van der Waals surface area contributed by atoms with Gasteiger partial charge in [-0.05, 0) is 0 Å². The molecule has 0 saturated heterocycles. The fraction of sp³-hybridized carbons (Fsp3) is 0.200. The molecule has 92 valence electrons. The number of carbonyl (C=O) groups excluding carboxylic acids is 1. The molecule has 0 radical (unpaired) electrons. The highest BCUT2D eigenvalue weighted by Crippen LogP contribution is 2.05. The zero-order valence-corrected chi connectivity index (χ0v) is 10.3. The number of nitrogens with one attached hydrogen (secondary N) is 1. The third-order valence-corrected chi connectivity index (χ3v) is 2.35. The van der Waals surface area contributed by atoms with Crippen molar-refractivity contribution < 1.29 is 13.2 Å². The van der Waals surface area contributed by atoms with Gasteiger partial charge in [-0.3, -0.25) is 15.2 Å². The van der Waals surface area contributed by atoms with E-state index in [2.05, 4.69) is 9.82 Å². The largest absolute Gasteiger partial charge is 0.277 e. The molecule has 0 aliphatic heterocycles. The smallest absolute Gasteiger partial charge is 0.252 e. The first-order valence-electron chi connectivity index (χ1n) is 4.73. The van der Waals surface area contributed by atoms with E-state index in [1.54, 1.807) is 30.3 Å². The second kappa shape index (κ2) is 5.44. The number of amidine groups is 1. The van der Waals surface area contributed by atoms with Gasteiger partial charge in [0.25, 0.3) is 10.0 Å². The highest BCUT2D eigenvalue weighted by Gasteiger charge is 2.11. The quantitative estimate of drug-likeness (QED) is 0.355. The zero-order valence-electron chi connectivity index (χ0n) is 9.49. The van der Waals surface area contributed by atoms with Gasteiger partial charge < -0.3 is 0 Å². The molecule has 7 heteroatoms. The van der Waals surface area contributed by atoms with Crippen molar-refractivity contribution in [1.29, 1.82) is 0 Å². The summed E-state index contributed by atoms with van der Waals surface area (Å²) >= 11 is 0. The lowest BCUT2D eigenvalue weighted by Gasteiger charge is -2.19. The summed E-state index contributed by atoms with van der Waals surface area (Å²) in [5.74, 6) is 0.153. The molecule has 1 aromatic rings.